The minimum Gasteiger partial charge on any atom is -0.490 e. The fourth-order valence-electron chi connectivity index (χ4n) is 10.3. The van der Waals surface area contributed by atoms with Crippen molar-refractivity contribution in [1.29, 1.82) is 0 Å². The molecule has 2 rings (SSSR count). The third-order valence-electron chi connectivity index (χ3n) is 15.0. The molecule has 0 aromatic heterocycles. The normalized spacial score (nSPS) is 14.9. The molecular weight excluding hydrogens is 1020 g/mol. The van der Waals surface area contributed by atoms with Crippen molar-refractivity contribution >= 4 is 35.6 Å². The summed E-state index contributed by atoms with van der Waals surface area (Å²) in [5.41, 5.74) is 2.84. The van der Waals surface area contributed by atoms with E-state index in [1.54, 1.807) is 4.90 Å². The number of unbranched alkanes of at least 4 members (excludes halogenated alkanes) is 20. The van der Waals surface area contributed by atoms with Gasteiger partial charge in [0, 0.05) is 51.0 Å². The molecule has 12 heteroatoms. The number of likely N-dealkylation sites (tertiary alicyclic amines) is 1. The number of ketones is 1. The lowest BCUT2D eigenvalue weighted by atomic mass is 9.94. The van der Waals surface area contributed by atoms with Gasteiger partial charge in [0.15, 0.2) is 5.78 Å². The van der Waals surface area contributed by atoms with Gasteiger partial charge in [0.05, 0.1) is 33.0 Å². The standard InChI is InChI=1S/C32H55NO7.C27H46O4.C8H16.C2H6/c1-5-9-11-13-15-17-19-38-30(35)21-26(22-31(36)39-20-18-16-14-12-10-6-2)23-32(37)40-28-24-27(7-3)33(25-28)29(34)8-4;1-5-9-11-13-15-17-19-30-26(8-4)22-24(21-25(28)7-3)23-27(29)31-20-18-16-14-12-10-6-2;1-2-5-8-6-3-4-7-8;1-2/h8,26-28H,4-7,9-25H2,1-3H3;7,24H,3-6,9-23H2,1-2H3;8H,2-7H2,1H3;1-2H3/t27-,28-;;;/m1.../s1. The summed E-state index contributed by atoms with van der Waals surface area (Å²) in [6.45, 7) is 29.9. The van der Waals surface area contributed by atoms with E-state index >= 15 is 0 Å². The van der Waals surface area contributed by atoms with E-state index in [9.17, 15) is 28.8 Å². The van der Waals surface area contributed by atoms with Gasteiger partial charge < -0.3 is 28.6 Å². The number of rotatable bonds is 47. The lowest BCUT2D eigenvalue weighted by Gasteiger charge is -2.21. The first-order valence-corrected chi connectivity index (χ1v) is 33.1. The molecule has 0 bridgehead atoms. The number of hydrogen-bond donors (Lipinski definition) is 0. The number of allylic oxidation sites excluding steroid dienone is 2. The molecule has 1 saturated carbocycles. The zero-order valence-electron chi connectivity index (χ0n) is 53.5. The van der Waals surface area contributed by atoms with Crippen LogP contribution in [-0.2, 0) is 52.5 Å². The molecule has 1 heterocycles. The summed E-state index contributed by atoms with van der Waals surface area (Å²) in [4.78, 5) is 75.9. The number of amides is 1. The average Bonchev–Trinajstić information content (AvgIpc) is 4.14. The van der Waals surface area contributed by atoms with E-state index in [0.29, 0.717) is 51.6 Å². The molecule has 12 nitrogen and oxygen atoms in total. The second kappa shape index (κ2) is 57.6. The van der Waals surface area contributed by atoms with Gasteiger partial charge in [0.1, 0.15) is 11.9 Å². The van der Waals surface area contributed by atoms with Crippen LogP contribution in [0.1, 0.15) is 299 Å². The van der Waals surface area contributed by atoms with Crippen molar-refractivity contribution in [2.24, 2.45) is 17.8 Å². The first-order valence-electron chi connectivity index (χ1n) is 33.1. The summed E-state index contributed by atoms with van der Waals surface area (Å²) in [7, 11) is 0. The number of nitrogens with zero attached hydrogens (tertiary/aromatic N) is 1. The zero-order valence-corrected chi connectivity index (χ0v) is 53.5. The minimum atomic E-state index is -0.559. The Morgan fingerprint density at radius 2 is 0.877 bits per heavy atom. The first kappa shape index (κ1) is 78.9. The van der Waals surface area contributed by atoms with Gasteiger partial charge in [0.2, 0.25) is 5.91 Å². The Morgan fingerprint density at radius 1 is 0.494 bits per heavy atom. The Kier molecular flexibility index (Phi) is 56.1. The van der Waals surface area contributed by atoms with Crippen LogP contribution in [0.2, 0.25) is 0 Å². The fraction of sp³-hybridized carbons (Fsp3) is 0.812. The predicted octanol–water partition coefficient (Wildman–Crippen LogP) is 18.2. The number of carbonyl (C=O) groups excluding carboxylic acids is 6. The number of esters is 4. The molecule has 2 fully saturated rings. The van der Waals surface area contributed by atoms with Crippen molar-refractivity contribution in [3.63, 3.8) is 0 Å². The second-order valence-corrected chi connectivity index (χ2v) is 22.4. The maximum absolute atomic E-state index is 12.8. The summed E-state index contributed by atoms with van der Waals surface area (Å²) in [5.74, 6) is -0.821. The monoisotopic (exact) mass is 1140 g/mol. The maximum Gasteiger partial charge on any atom is 0.306 e. The van der Waals surface area contributed by atoms with Gasteiger partial charge in [0.25, 0.3) is 0 Å². The minimum absolute atomic E-state index is 0.00648. The van der Waals surface area contributed by atoms with Crippen LogP contribution in [0.15, 0.2) is 43.4 Å². The Balaban J connectivity index is 0. The molecule has 2 aliphatic rings. The van der Waals surface area contributed by atoms with Crippen molar-refractivity contribution in [3.05, 3.63) is 43.4 Å². The van der Waals surface area contributed by atoms with Crippen LogP contribution >= 0.6 is 0 Å². The van der Waals surface area contributed by atoms with Crippen molar-refractivity contribution in [2.45, 2.75) is 312 Å². The second-order valence-electron chi connectivity index (χ2n) is 22.4. The van der Waals surface area contributed by atoms with Crippen LogP contribution in [0.3, 0.4) is 0 Å². The molecule has 3 atom stereocenters. The molecule has 1 aliphatic carbocycles. The van der Waals surface area contributed by atoms with E-state index in [2.05, 4.69) is 60.1 Å². The number of ether oxygens (including phenoxy) is 5. The lowest BCUT2D eigenvalue weighted by molar-refractivity contribution is -0.153. The van der Waals surface area contributed by atoms with Crippen molar-refractivity contribution in [1.82, 2.24) is 4.90 Å². The molecule has 1 saturated heterocycles. The van der Waals surface area contributed by atoms with Gasteiger partial charge in [-0.1, -0.05) is 248 Å². The summed E-state index contributed by atoms with van der Waals surface area (Å²) in [6, 6.07) is -0.00648. The van der Waals surface area contributed by atoms with E-state index in [1.165, 1.54) is 141 Å². The molecule has 81 heavy (non-hydrogen) atoms. The van der Waals surface area contributed by atoms with Gasteiger partial charge in [-0.15, -0.1) is 0 Å². The van der Waals surface area contributed by atoms with Gasteiger partial charge in [-0.05, 0) is 62.0 Å². The largest absolute Gasteiger partial charge is 0.490 e. The van der Waals surface area contributed by atoms with E-state index in [-0.39, 0.29) is 61.7 Å². The Labute approximate surface area is 496 Å². The predicted molar refractivity (Wildman–Crippen MR) is 334 cm³/mol. The quantitative estimate of drug-likeness (QED) is 0.0143. The van der Waals surface area contributed by atoms with Gasteiger partial charge in [-0.2, -0.15) is 0 Å². The van der Waals surface area contributed by atoms with E-state index in [4.69, 9.17) is 23.7 Å². The molecule has 0 N–H and O–H groups in total. The van der Waals surface area contributed by atoms with Crippen LogP contribution in [-0.4, -0.2) is 85.6 Å². The van der Waals surface area contributed by atoms with Crippen LogP contribution in [0.4, 0.5) is 0 Å². The van der Waals surface area contributed by atoms with E-state index in [1.807, 2.05) is 20.8 Å². The summed E-state index contributed by atoms with van der Waals surface area (Å²) < 4.78 is 27.7. The molecule has 0 aromatic carbocycles. The van der Waals surface area contributed by atoms with E-state index in [0.717, 1.165) is 76.5 Å². The molecule has 0 aromatic rings. The van der Waals surface area contributed by atoms with Crippen LogP contribution < -0.4 is 0 Å². The van der Waals surface area contributed by atoms with Gasteiger partial charge in [-0.25, -0.2) is 0 Å². The van der Waals surface area contributed by atoms with Gasteiger partial charge >= 0.3 is 23.9 Å². The van der Waals surface area contributed by atoms with Crippen LogP contribution in [0.5, 0.6) is 0 Å². The molecular formula is C69H123NO11. The number of hydrogen-bond acceptors (Lipinski definition) is 11. The smallest absolute Gasteiger partial charge is 0.306 e. The average molecular weight is 1140 g/mol. The Hall–Kier alpha value is -4.18. The highest BCUT2D eigenvalue weighted by molar-refractivity contribution is 5.89. The van der Waals surface area contributed by atoms with Gasteiger partial charge in [-0.3, -0.25) is 28.8 Å². The van der Waals surface area contributed by atoms with Crippen LogP contribution in [0, 0.1) is 17.8 Å². The number of carbonyl (C=O) groups is 6. The van der Waals surface area contributed by atoms with Crippen molar-refractivity contribution in [3.8, 4) is 0 Å². The first-order chi connectivity index (χ1) is 39.3. The Bertz CT molecular complexity index is 1620. The van der Waals surface area contributed by atoms with Crippen LogP contribution in [0.25, 0.3) is 0 Å². The Morgan fingerprint density at radius 3 is 1.25 bits per heavy atom. The zero-order chi connectivity index (χ0) is 60.6. The van der Waals surface area contributed by atoms with E-state index < -0.39 is 29.9 Å². The summed E-state index contributed by atoms with van der Waals surface area (Å²) >= 11 is 0. The molecule has 1 unspecified atom stereocenters. The summed E-state index contributed by atoms with van der Waals surface area (Å²) in [6.07, 6.45) is 40.3. The van der Waals surface area contributed by atoms with Crippen molar-refractivity contribution in [2.75, 3.05) is 33.0 Å². The fourth-order valence-corrected chi connectivity index (χ4v) is 10.3. The molecule has 1 amide bonds. The SMILES string of the molecule is C=C=C(CC(CC(=O)C=C)CC(=O)OCCCCCCCC)OCCCCCCCC.C=CC(=O)N1C[C@H](OC(=O)CC(CC(=O)OCCCCCCCC)CC(=O)OCCCCCCCC)C[C@H]1CC.CC.CCCC1CCCC1. The van der Waals surface area contributed by atoms with Crippen molar-refractivity contribution < 1.29 is 52.5 Å². The summed E-state index contributed by atoms with van der Waals surface area (Å²) in [5, 5.41) is 0. The highest BCUT2D eigenvalue weighted by Crippen LogP contribution is 2.29. The molecule has 0 radical (unpaired) electrons. The lowest BCUT2D eigenvalue weighted by Crippen LogP contribution is -2.34. The topological polar surface area (TPSA) is 152 Å². The third-order valence-corrected chi connectivity index (χ3v) is 15.0. The highest BCUT2D eigenvalue weighted by atomic mass is 16.6. The molecule has 1 aliphatic heterocycles. The maximum atomic E-state index is 12.8. The third kappa shape index (κ3) is 46.9. The molecule has 0 spiro atoms. The molecule has 470 valence electrons. The highest BCUT2D eigenvalue weighted by Gasteiger charge is 2.36.